The van der Waals surface area contributed by atoms with Crippen LogP contribution in [0.25, 0.3) is 0 Å². The van der Waals surface area contributed by atoms with Crippen molar-refractivity contribution in [1.82, 2.24) is 0 Å². The van der Waals surface area contributed by atoms with Gasteiger partial charge in [0.25, 0.3) is 0 Å². The fourth-order valence-electron chi connectivity index (χ4n) is 2.41. The molecule has 0 aliphatic carbocycles. The highest BCUT2D eigenvalue weighted by Gasteiger charge is 2.13. The van der Waals surface area contributed by atoms with Crippen molar-refractivity contribution in [2.75, 3.05) is 36.5 Å². The van der Waals surface area contributed by atoms with Crippen molar-refractivity contribution in [3.05, 3.63) is 52.4 Å². The molecule has 2 aromatic carbocycles. The smallest absolute Gasteiger partial charge is 0.131 e. The molecule has 114 valence electrons. The molecule has 1 N–H and O–H groups in total. The molecule has 0 amide bonds. The molecule has 6 heteroatoms. The van der Waals surface area contributed by atoms with Crippen LogP contribution in [0.2, 0.25) is 5.02 Å². The summed E-state index contributed by atoms with van der Waals surface area (Å²) < 4.78 is 5.36. The molecule has 1 fully saturated rings. The van der Waals surface area contributed by atoms with Gasteiger partial charge in [0.05, 0.1) is 18.9 Å². The molecule has 0 bridgehead atoms. The highest BCUT2D eigenvalue weighted by molar-refractivity contribution is 6.30. The first-order valence-electron chi connectivity index (χ1n) is 7.09. The summed E-state index contributed by atoms with van der Waals surface area (Å²) in [5.74, 6) is 0. The number of ether oxygens (including phenoxy) is 1. The summed E-state index contributed by atoms with van der Waals surface area (Å²) in [4.78, 5) is 13.2. The van der Waals surface area contributed by atoms with Crippen LogP contribution in [0.4, 0.5) is 22.7 Å². The number of hydrogen-bond donors (Lipinski definition) is 1. The SMILES string of the molecule is O=Nc1ccc(N2CCOCC2)cc1Nc1ccc(Cl)cc1. The molecule has 0 spiro atoms. The van der Waals surface area contributed by atoms with Gasteiger partial charge in [0, 0.05) is 29.5 Å². The van der Waals surface area contributed by atoms with Crippen LogP contribution in [-0.2, 0) is 4.74 Å². The molecule has 0 saturated carbocycles. The van der Waals surface area contributed by atoms with Crippen LogP contribution in [-0.4, -0.2) is 26.3 Å². The Balaban J connectivity index is 1.87. The van der Waals surface area contributed by atoms with E-state index >= 15 is 0 Å². The lowest BCUT2D eigenvalue weighted by Gasteiger charge is -2.29. The number of nitroso groups, excluding NO2 is 1. The summed E-state index contributed by atoms with van der Waals surface area (Å²) in [6.07, 6.45) is 0. The maximum absolute atomic E-state index is 11.0. The number of halogens is 1. The van der Waals surface area contributed by atoms with Gasteiger partial charge in [-0.15, -0.1) is 4.91 Å². The van der Waals surface area contributed by atoms with E-state index in [4.69, 9.17) is 16.3 Å². The van der Waals surface area contributed by atoms with E-state index < -0.39 is 0 Å². The van der Waals surface area contributed by atoms with E-state index in [-0.39, 0.29) is 0 Å². The monoisotopic (exact) mass is 317 g/mol. The van der Waals surface area contributed by atoms with Crippen LogP contribution in [0, 0.1) is 4.91 Å². The van der Waals surface area contributed by atoms with E-state index in [9.17, 15) is 4.91 Å². The molecule has 1 aliphatic heterocycles. The van der Waals surface area contributed by atoms with E-state index in [1.807, 2.05) is 24.3 Å². The fourth-order valence-corrected chi connectivity index (χ4v) is 2.54. The van der Waals surface area contributed by atoms with Gasteiger partial charge in [-0.3, -0.25) is 0 Å². The van der Waals surface area contributed by atoms with Crippen molar-refractivity contribution in [1.29, 1.82) is 0 Å². The highest BCUT2D eigenvalue weighted by atomic mass is 35.5. The minimum Gasteiger partial charge on any atom is -0.378 e. The average Bonchev–Trinajstić information content (AvgIpc) is 2.58. The molecule has 2 aromatic rings. The Kier molecular flexibility index (Phi) is 4.56. The minimum atomic E-state index is 0.381. The van der Waals surface area contributed by atoms with Gasteiger partial charge >= 0.3 is 0 Å². The van der Waals surface area contributed by atoms with Gasteiger partial charge < -0.3 is 15.0 Å². The summed E-state index contributed by atoms with van der Waals surface area (Å²) in [7, 11) is 0. The third kappa shape index (κ3) is 3.37. The fraction of sp³-hybridized carbons (Fsp3) is 0.250. The Labute approximate surface area is 133 Å². The Bertz CT molecular complexity index is 655. The lowest BCUT2D eigenvalue weighted by Crippen LogP contribution is -2.36. The number of morpholine rings is 1. The van der Waals surface area contributed by atoms with Crippen molar-refractivity contribution in [2.45, 2.75) is 0 Å². The molecule has 1 heterocycles. The number of anilines is 3. The largest absolute Gasteiger partial charge is 0.378 e. The zero-order valence-corrected chi connectivity index (χ0v) is 12.7. The lowest BCUT2D eigenvalue weighted by atomic mass is 10.2. The molecule has 0 radical (unpaired) electrons. The molecular formula is C16H16ClN3O2. The number of rotatable bonds is 4. The Morgan fingerprint density at radius 2 is 1.82 bits per heavy atom. The third-order valence-corrected chi connectivity index (χ3v) is 3.83. The highest BCUT2D eigenvalue weighted by Crippen LogP contribution is 2.32. The lowest BCUT2D eigenvalue weighted by molar-refractivity contribution is 0.122. The molecule has 1 saturated heterocycles. The summed E-state index contributed by atoms with van der Waals surface area (Å²) in [5, 5.41) is 6.98. The molecular weight excluding hydrogens is 302 g/mol. The topological polar surface area (TPSA) is 53.9 Å². The van der Waals surface area contributed by atoms with Crippen molar-refractivity contribution in [2.24, 2.45) is 5.18 Å². The van der Waals surface area contributed by atoms with E-state index in [1.54, 1.807) is 18.2 Å². The van der Waals surface area contributed by atoms with Crippen LogP contribution in [0.5, 0.6) is 0 Å². The minimum absolute atomic E-state index is 0.381. The van der Waals surface area contributed by atoms with Crippen molar-refractivity contribution in [3.63, 3.8) is 0 Å². The zero-order chi connectivity index (χ0) is 15.4. The Morgan fingerprint density at radius 3 is 2.50 bits per heavy atom. The third-order valence-electron chi connectivity index (χ3n) is 3.58. The molecule has 0 atom stereocenters. The number of hydrogen-bond acceptors (Lipinski definition) is 5. The Hall–Kier alpha value is -2.11. The molecule has 0 unspecified atom stereocenters. The second-order valence-corrected chi connectivity index (χ2v) is 5.46. The van der Waals surface area contributed by atoms with Gasteiger partial charge in [0.2, 0.25) is 0 Å². The van der Waals surface area contributed by atoms with E-state index in [0.717, 1.165) is 24.5 Å². The first-order valence-corrected chi connectivity index (χ1v) is 7.47. The summed E-state index contributed by atoms with van der Waals surface area (Å²) >= 11 is 5.89. The maximum Gasteiger partial charge on any atom is 0.131 e. The Morgan fingerprint density at radius 1 is 1.09 bits per heavy atom. The second-order valence-electron chi connectivity index (χ2n) is 5.02. The molecule has 1 aliphatic rings. The van der Waals surface area contributed by atoms with Crippen LogP contribution < -0.4 is 10.2 Å². The van der Waals surface area contributed by atoms with Gasteiger partial charge in [0.1, 0.15) is 5.69 Å². The predicted molar refractivity (Wildman–Crippen MR) is 89.7 cm³/mol. The molecule has 5 nitrogen and oxygen atoms in total. The first-order chi connectivity index (χ1) is 10.8. The zero-order valence-electron chi connectivity index (χ0n) is 12.0. The van der Waals surface area contributed by atoms with Crippen molar-refractivity contribution < 1.29 is 4.74 Å². The van der Waals surface area contributed by atoms with Gasteiger partial charge in [-0.05, 0) is 47.6 Å². The predicted octanol–water partition coefficient (Wildman–Crippen LogP) is 4.32. The molecule has 0 aromatic heterocycles. The van der Waals surface area contributed by atoms with Crippen LogP contribution in [0.3, 0.4) is 0 Å². The van der Waals surface area contributed by atoms with Gasteiger partial charge in [-0.2, -0.15) is 0 Å². The quantitative estimate of drug-likeness (QED) is 0.853. The number of nitrogens with one attached hydrogen (secondary N) is 1. The summed E-state index contributed by atoms with van der Waals surface area (Å²) in [6, 6.07) is 12.9. The van der Waals surface area contributed by atoms with E-state index in [2.05, 4.69) is 15.4 Å². The summed E-state index contributed by atoms with van der Waals surface area (Å²) in [6.45, 7) is 3.11. The van der Waals surface area contributed by atoms with Crippen LogP contribution in [0.1, 0.15) is 0 Å². The van der Waals surface area contributed by atoms with Crippen LogP contribution in [0.15, 0.2) is 47.6 Å². The second kappa shape index (κ2) is 6.77. The molecule has 3 rings (SSSR count). The van der Waals surface area contributed by atoms with Gasteiger partial charge in [0.15, 0.2) is 0 Å². The van der Waals surface area contributed by atoms with Gasteiger partial charge in [-0.25, -0.2) is 0 Å². The number of benzene rings is 2. The van der Waals surface area contributed by atoms with Crippen LogP contribution >= 0.6 is 11.6 Å². The van der Waals surface area contributed by atoms with E-state index in [0.29, 0.717) is 29.6 Å². The average molecular weight is 318 g/mol. The van der Waals surface area contributed by atoms with Gasteiger partial charge in [-0.1, -0.05) is 11.6 Å². The van der Waals surface area contributed by atoms with Crippen molar-refractivity contribution in [3.8, 4) is 0 Å². The summed E-state index contributed by atoms with van der Waals surface area (Å²) in [5.41, 5.74) is 2.97. The first kappa shape index (κ1) is 14.8. The van der Waals surface area contributed by atoms with E-state index in [1.165, 1.54) is 0 Å². The number of nitrogens with zero attached hydrogens (tertiary/aromatic N) is 2. The molecule has 22 heavy (non-hydrogen) atoms. The standard InChI is InChI=1S/C16H16ClN3O2/c17-12-1-3-13(4-2-12)18-16-11-14(5-6-15(16)19-21)20-7-9-22-10-8-20/h1-6,11,18H,7-10H2. The maximum atomic E-state index is 11.0. The van der Waals surface area contributed by atoms with Crippen molar-refractivity contribution >= 4 is 34.4 Å². The normalized spacial score (nSPS) is 14.7.